The molecule has 1 N–H and O–H groups in total. The second kappa shape index (κ2) is 5.31. The van der Waals surface area contributed by atoms with Crippen LogP contribution in [0, 0.1) is 0 Å². The molecule has 0 bridgehead atoms. The molecule has 7 nitrogen and oxygen atoms in total. The molecule has 1 atom stereocenters. The second-order valence-electron chi connectivity index (χ2n) is 5.38. The molecule has 1 aliphatic heterocycles. The van der Waals surface area contributed by atoms with Gasteiger partial charge in [-0.05, 0) is 25.7 Å². The fourth-order valence-corrected chi connectivity index (χ4v) is 2.89. The van der Waals surface area contributed by atoms with Crippen molar-refractivity contribution in [3.8, 4) is 0 Å². The summed E-state index contributed by atoms with van der Waals surface area (Å²) in [5.74, 6) is -0.103. The van der Waals surface area contributed by atoms with Crippen LogP contribution in [0.2, 0.25) is 0 Å². The van der Waals surface area contributed by atoms with Gasteiger partial charge in [0.05, 0.1) is 12.0 Å². The van der Waals surface area contributed by atoms with E-state index >= 15 is 0 Å². The Labute approximate surface area is 122 Å². The minimum absolute atomic E-state index is 0.103. The summed E-state index contributed by atoms with van der Waals surface area (Å²) in [6.07, 6.45) is 4.73. The molecule has 1 saturated heterocycles. The highest BCUT2D eigenvalue weighted by Gasteiger charge is 2.25. The van der Waals surface area contributed by atoms with Crippen LogP contribution >= 0.6 is 0 Å². The highest BCUT2D eigenvalue weighted by Crippen LogP contribution is 2.18. The topological polar surface area (TPSA) is 81.8 Å². The summed E-state index contributed by atoms with van der Waals surface area (Å²) in [7, 11) is 1.74. The van der Waals surface area contributed by atoms with E-state index in [1.165, 1.54) is 10.9 Å². The summed E-state index contributed by atoms with van der Waals surface area (Å²) in [5, 5.41) is 7.18. The summed E-state index contributed by atoms with van der Waals surface area (Å²) < 4.78 is 3.01. The number of fused-ring (bicyclic) bond motifs is 1. The van der Waals surface area contributed by atoms with E-state index in [2.05, 4.69) is 15.4 Å². The largest absolute Gasteiger partial charge is 0.354 e. The SMILES string of the molecule is CCc1nn(C)c2c(=O)n([C@@H]3CCCCNC3=O)cnc12. The second-order valence-corrected chi connectivity index (χ2v) is 5.38. The monoisotopic (exact) mass is 289 g/mol. The van der Waals surface area contributed by atoms with Gasteiger partial charge in [-0.1, -0.05) is 6.92 Å². The van der Waals surface area contributed by atoms with E-state index in [-0.39, 0.29) is 11.5 Å². The molecule has 1 aliphatic rings. The molecule has 1 amide bonds. The van der Waals surface area contributed by atoms with Crippen LogP contribution in [0.1, 0.15) is 37.9 Å². The third-order valence-corrected chi connectivity index (χ3v) is 4.02. The Bertz CT molecular complexity index is 746. The highest BCUT2D eigenvalue weighted by molar-refractivity contribution is 5.81. The van der Waals surface area contributed by atoms with E-state index in [9.17, 15) is 9.59 Å². The van der Waals surface area contributed by atoms with E-state index in [0.29, 0.717) is 24.0 Å². The zero-order chi connectivity index (χ0) is 15.0. The summed E-state index contributed by atoms with van der Waals surface area (Å²) >= 11 is 0. The van der Waals surface area contributed by atoms with Crippen molar-refractivity contribution < 1.29 is 4.79 Å². The molecule has 3 heterocycles. The van der Waals surface area contributed by atoms with Crippen LogP contribution in [0.5, 0.6) is 0 Å². The third kappa shape index (κ3) is 2.22. The van der Waals surface area contributed by atoms with Crippen molar-refractivity contribution in [1.29, 1.82) is 0 Å². The molecule has 1 fully saturated rings. The predicted octanol–water partition coefficient (Wildman–Crippen LogP) is 0.534. The number of aryl methyl sites for hydroxylation is 2. The summed E-state index contributed by atoms with van der Waals surface area (Å²) in [6, 6.07) is -0.475. The minimum Gasteiger partial charge on any atom is -0.354 e. The lowest BCUT2D eigenvalue weighted by atomic mass is 10.1. The van der Waals surface area contributed by atoms with E-state index in [4.69, 9.17) is 0 Å². The van der Waals surface area contributed by atoms with Crippen molar-refractivity contribution in [2.24, 2.45) is 7.05 Å². The zero-order valence-electron chi connectivity index (χ0n) is 12.3. The first-order valence-electron chi connectivity index (χ1n) is 7.34. The molecule has 7 heteroatoms. The van der Waals surface area contributed by atoms with Crippen molar-refractivity contribution in [2.75, 3.05) is 6.54 Å². The zero-order valence-corrected chi connectivity index (χ0v) is 12.3. The quantitative estimate of drug-likeness (QED) is 0.874. The molecule has 3 rings (SSSR count). The van der Waals surface area contributed by atoms with Crippen molar-refractivity contribution in [2.45, 2.75) is 38.6 Å². The van der Waals surface area contributed by atoms with Gasteiger partial charge < -0.3 is 5.32 Å². The van der Waals surface area contributed by atoms with Crippen LogP contribution in [0.25, 0.3) is 11.0 Å². The molecule has 0 aromatic carbocycles. The number of amides is 1. The van der Waals surface area contributed by atoms with Gasteiger partial charge in [-0.15, -0.1) is 0 Å². The molecule has 0 aliphatic carbocycles. The Morgan fingerprint density at radius 3 is 2.95 bits per heavy atom. The van der Waals surface area contributed by atoms with E-state index < -0.39 is 6.04 Å². The Kier molecular flexibility index (Phi) is 3.48. The van der Waals surface area contributed by atoms with Crippen LogP contribution in [-0.4, -0.2) is 31.8 Å². The van der Waals surface area contributed by atoms with Crippen molar-refractivity contribution in [3.63, 3.8) is 0 Å². The van der Waals surface area contributed by atoms with Gasteiger partial charge in [-0.25, -0.2) is 4.98 Å². The fourth-order valence-electron chi connectivity index (χ4n) is 2.89. The van der Waals surface area contributed by atoms with Gasteiger partial charge in [0, 0.05) is 13.6 Å². The number of aromatic nitrogens is 4. The summed E-state index contributed by atoms with van der Waals surface area (Å²) in [5.41, 5.74) is 1.71. The Morgan fingerprint density at radius 2 is 2.19 bits per heavy atom. The average Bonchev–Trinajstić information content (AvgIpc) is 2.65. The van der Waals surface area contributed by atoms with Crippen molar-refractivity contribution >= 4 is 16.9 Å². The van der Waals surface area contributed by atoms with E-state index in [1.54, 1.807) is 11.7 Å². The minimum atomic E-state index is -0.475. The van der Waals surface area contributed by atoms with Crippen LogP contribution in [-0.2, 0) is 18.3 Å². The number of carbonyl (C=O) groups excluding carboxylic acids is 1. The van der Waals surface area contributed by atoms with Gasteiger partial charge in [0.25, 0.3) is 5.56 Å². The molecule has 0 unspecified atom stereocenters. The third-order valence-electron chi connectivity index (χ3n) is 4.02. The van der Waals surface area contributed by atoms with Gasteiger partial charge in [0.2, 0.25) is 5.91 Å². The maximum absolute atomic E-state index is 12.7. The standard InChI is InChI=1S/C14H19N5O2/c1-3-9-11-12(18(2)17-9)14(21)19(8-16-11)10-6-4-5-7-15-13(10)20/h8,10H,3-7H2,1-2H3,(H,15,20)/t10-/m1/s1. The Morgan fingerprint density at radius 1 is 1.38 bits per heavy atom. The van der Waals surface area contributed by atoms with Gasteiger partial charge >= 0.3 is 0 Å². The van der Waals surface area contributed by atoms with Gasteiger partial charge in [0.15, 0.2) is 5.52 Å². The first kappa shape index (κ1) is 13.8. The van der Waals surface area contributed by atoms with Crippen LogP contribution in [0.4, 0.5) is 0 Å². The number of nitrogens with one attached hydrogen (secondary N) is 1. The van der Waals surface area contributed by atoms with Gasteiger partial charge in [-0.3, -0.25) is 18.8 Å². The lowest BCUT2D eigenvalue weighted by Gasteiger charge is -2.15. The lowest BCUT2D eigenvalue weighted by Crippen LogP contribution is -2.36. The maximum atomic E-state index is 12.7. The molecular weight excluding hydrogens is 270 g/mol. The van der Waals surface area contributed by atoms with E-state index in [0.717, 1.165) is 25.0 Å². The van der Waals surface area contributed by atoms with Crippen molar-refractivity contribution in [3.05, 3.63) is 22.4 Å². The molecule has 112 valence electrons. The van der Waals surface area contributed by atoms with Crippen LogP contribution in [0.3, 0.4) is 0 Å². The maximum Gasteiger partial charge on any atom is 0.280 e. The summed E-state index contributed by atoms with van der Waals surface area (Å²) in [4.78, 5) is 29.2. The number of carbonyl (C=O) groups is 1. The number of hydrogen-bond acceptors (Lipinski definition) is 4. The fraction of sp³-hybridized carbons (Fsp3) is 0.571. The number of nitrogens with zero attached hydrogens (tertiary/aromatic N) is 4. The number of hydrogen-bond donors (Lipinski definition) is 1. The van der Waals surface area contributed by atoms with Gasteiger partial charge in [0.1, 0.15) is 11.6 Å². The first-order chi connectivity index (χ1) is 10.1. The van der Waals surface area contributed by atoms with Gasteiger partial charge in [-0.2, -0.15) is 5.10 Å². The molecule has 0 radical (unpaired) electrons. The molecule has 0 saturated carbocycles. The lowest BCUT2D eigenvalue weighted by molar-refractivity contribution is -0.124. The first-order valence-corrected chi connectivity index (χ1v) is 7.34. The Hall–Kier alpha value is -2.18. The average molecular weight is 289 g/mol. The summed E-state index contributed by atoms with van der Waals surface area (Å²) in [6.45, 7) is 2.65. The molecule has 2 aromatic rings. The predicted molar refractivity (Wildman–Crippen MR) is 78.0 cm³/mol. The molecule has 2 aromatic heterocycles. The molecular formula is C14H19N5O2. The molecule has 0 spiro atoms. The molecule has 21 heavy (non-hydrogen) atoms. The Balaban J connectivity index is 2.16. The number of rotatable bonds is 2. The smallest absolute Gasteiger partial charge is 0.280 e. The van der Waals surface area contributed by atoms with Crippen LogP contribution in [0.15, 0.2) is 11.1 Å². The van der Waals surface area contributed by atoms with Crippen molar-refractivity contribution in [1.82, 2.24) is 24.6 Å². The highest BCUT2D eigenvalue weighted by atomic mass is 16.2. The van der Waals surface area contributed by atoms with Crippen LogP contribution < -0.4 is 10.9 Å². The normalized spacial score (nSPS) is 19.5. The van der Waals surface area contributed by atoms with E-state index in [1.807, 2.05) is 6.92 Å².